The summed E-state index contributed by atoms with van der Waals surface area (Å²) in [6, 6.07) is 0. The van der Waals surface area contributed by atoms with Gasteiger partial charge < -0.3 is 10.6 Å². The summed E-state index contributed by atoms with van der Waals surface area (Å²) >= 11 is 0. The molecule has 2 aliphatic rings. The number of carbonyl (C=O) groups excluding carboxylic acids is 1. The van der Waals surface area contributed by atoms with Crippen LogP contribution in [0.5, 0.6) is 0 Å². The van der Waals surface area contributed by atoms with Crippen LogP contribution < -0.4 is 5.73 Å². The van der Waals surface area contributed by atoms with Gasteiger partial charge in [-0.15, -0.1) is 0 Å². The molecule has 3 heteroatoms. The Labute approximate surface area is 84.9 Å². The van der Waals surface area contributed by atoms with Gasteiger partial charge in [0.15, 0.2) is 0 Å². The fourth-order valence-electron chi connectivity index (χ4n) is 2.30. The molecule has 1 atom stereocenters. The second-order valence-corrected chi connectivity index (χ2v) is 4.31. The summed E-state index contributed by atoms with van der Waals surface area (Å²) < 4.78 is 0. The molecule has 0 aromatic rings. The summed E-state index contributed by atoms with van der Waals surface area (Å²) in [5.41, 5.74) is 5.60. The van der Waals surface area contributed by atoms with E-state index in [0.717, 1.165) is 32.4 Å². The maximum absolute atomic E-state index is 12.0. The highest BCUT2D eigenvalue weighted by Crippen LogP contribution is 2.24. The Morgan fingerprint density at radius 1 is 1.43 bits per heavy atom. The molecule has 0 radical (unpaired) electrons. The Bertz CT molecular complexity index is 242. The first-order chi connectivity index (χ1) is 6.81. The topological polar surface area (TPSA) is 46.3 Å². The van der Waals surface area contributed by atoms with Crippen LogP contribution in [0, 0.1) is 11.8 Å². The molecule has 0 aromatic heterocycles. The van der Waals surface area contributed by atoms with Crippen LogP contribution in [0.25, 0.3) is 0 Å². The Morgan fingerprint density at radius 3 is 2.71 bits per heavy atom. The normalized spacial score (nSPS) is 27.5. The van der Waals surface area contributed by atoms with Gasteiger partial charge in [-0.25, -0.2) is 0 Å². The third-order valence-electron chi connectivity index (χ3n) is 3.29. The standard InChI is InChI=1S/C11H18N2O/c12-7-9-5-6-13(8-9)11(14)10-3-1-2-4-10/h1-2,9-10H,3-8,12H2. The Balaban J connectivity index is 1.87. The predicted molar refractivity (Wildman–Crippen MR) is 55.6 cm³/mol. The fraction of sp³-hybridized carbons (Fsp3) is 0.727. The van der Waals surface area contributed by atoms with E-state index in [1.807, 2.05) is 4.90 Å². The van der Waals surface area contributed by atoms with Crippen LogP contribution in [0.2, 0.25) is 0 Å². The van der Waals surface area contributed by atoms with Crippen molar-refractivity contribution in [3.05, 3.63) is 12.2 Å². The number of rotatable bonds is 2. The minimum atomic E-state index is 0.228. The van der Waals surface area contributed by atoms with Crippen molar-refractivity contribution in [2.75, 3.05) is 19.6 Å². The molecule has 1 fully saturated rings. The van der Waals surface area contributed by atoms with Crippen LogP contribution in [0.15, 0.2) is 12.2 Å². The molecular weight excluding hydrogens is 176 g/mol. The SMILES string of the molecule is NCC1CCN(C(=O)C2CC=CC2)C1. The van der Waals surface area contributed by atoms with Gasteiger partial charge in [-0.1, -0.05) is 12.2 Å². The van der Waals surface area contributed by atoms with Gasteiger partial charge in [0.05, 0.1) is 0 Å². The van der Waals surface area contributed by atoms with Crippen molar-refractivity contribution >= 4 is 5.91 Å². The summed E-state index contributed by atoms with van der Waals surface area (Å²) in [6.07, 6.45) is 7.17. The van der Waals surface area contributed by atoms with E-state index >= 15 is 0 Å². The molecule has 0 bridgehead atoms. The van der Waals surface area contributed by atoms with E-state index in [9.17, 15) is 4.79 Å². The fourth-order valence-corrected chi connectivity index (χ4v) is 2.30. The molecule has 1 saturated heterocycles. The van der Waals surface area contributed by atoms with Gasteiger partial charge in [0.2, 0.25) is 5.91 Å². The summed E-state index contributed by atoms with van der Waals surface area (Å²) in [4.78, 5) is 13.9. The molecule has 0 aromatic carbocycles. The van der Waals surface area contributed by atoms with Crippen molar-refractivity contribution < 1.29 is 4.79 Å². The average Bonchev–Trinajstić information content (AvgIpc) is 2.88. The molecular formula is C11H18N2O. The molecule has 1 heterocycles. The first kappa shape index (κ1) is 9.71. The maximum atomic E-state index is 12.0. The minimum Gasteiger partial charge on any atom is -0.342 e. The quantitative estimate of drug-likeness (QED) is 0.660. The lowest BCUT2D eigenvalue weighted by Crippen LogP contribution is -2.34. The van der Waals surface area contributed by atoms with Crippen molar-refractivity contribution in [2.45, 2.75) is 19.3 Å². The Morgan fingerprint density at radius 2 is 2.14 bits per heavy atom. The van der Waals surface area contributed by atoms with Gasteiger partial charge in [0.1, 0.15) is 0 Å². The monoisotopic (exact) mass is 194 g/mol. The zero-order chi connectivity index (χ0) is 9.97. The number of hydrogen-bond donors (Lipinski definition) is 1. The van der Waals surface area contributed by atoms with Crippen LogP contribution >= 0.6 is 0 Å². The molecule has 1 aliphatic heterocycles. The highest BCUT2D eigenvalue weighted by Gasteiger charge is 2.30. The first-order valence-electron chi connectivity index (χ1n) is 5.45. The molecule has 2 rings (SSSR count). The second-order valence-electron chi connectivity index (χ2n) is 4.31. The highest BCUT2D eigenvalue weighted by atomic mass is 16.2. The first-order valence-corrected chi connectivity index (χ1v) is 5.45. The van der Waals surface area contributed by atoms with Crippen molar-refractivity contribution in [2.24, 2.45) is 17.6 Å². The average molecular weight is 194 g/mol. The third kappa shape index (κ3) is 1.82. The van der Waals surface area contributed by atoms with Crippen LogP contribution in [0.3, 0.4) is 0 Å². The van der Waals surface area contributed by atoms with Gasteiger partial charge in [0, 0.05) is 19.0 Å². The van der Waals surface area contributed by atoms with E-state index in [2.05, 4.69) is 12.2 Å². The summed E-state index contributed by atoms with van der Waals surface area (Å²) in [7, 11) is 0. The molecule has 3 nitrogen and oxygen atoms in total. The van der Waals surface area contributed by atoms with Gasteiger partial charge in [-0.05, 0) is 31.7 Å². The molecule has 1 amide bonds. The molecule has 1 unspecified atom stereocenters. The van der Waals surface area contributed by atoms with Crippen LogP contribution in [0.1, 0.15) is 19.3 Å². The molecule has 0 spiro atoms. The molecule has 0 saturated carbocycles. The molecule has 1 aliphatic carbocycles. The van der Waals surface area contributed by atoms with Crippen LogP contribution in [-0.2, 0) is 4.79 Å². The Hall–Kier alpha value is -0.830. The van der Waals surface area contributed by atoms with Gasteiger partial charge >= 0.3 is 0 Å². The number of allylic oxidation sites excluding steroid dienone is 2. The van der Waals surface area contributed by atoms with Crippen molar-refractivity contribution in [3.8, 4) is 0 Å². The van der Waals surface area contributed by atoms with Gasteiger partial charge in [0.25, 0.3) is 0 Å². The highest BCUT2D eigenvalue weighted by molar-refractivity contribution is 5.79. The van der Waals surface area contributed by atoms with Gasteiger partial charge in [-0.2, -0.15) is 0 Å². The van der Waals surface area contributed by atoms with E-state index in [0.29, 0.717) is 18.4 Å². The zero-order valence-electron chi connectivity index (χ0n) is 8.48. The molecule has 2 N–H and O–H groups in total. The largest absolute Gasteiger partial charge is 0.342 e. The van der Waals surface area contributed by atoms with Crippen LogP contribution in [0.4, 0.5) is 0 Å². The molecule has 14 heavy (non-hydrogen) atoms. The number of likely N-dealkylation sites (tertiary alicyclic amines) is 1. The number of nitrogens with zero attached hydrogens (tertiary/aromatic N) is 1. The number of hydrogen-bond acceptors (Lipinski definition) is 2. The number of carbonyl (C=O) groups is 1. The molecule has 78 valence electrons. The van der Waals surface area contributed by atoms with Crippen molar-refractivity contribution in [3.63, 3.8) is 0 Å². The minimum absolute atomic E-state index is 0.228. The Kier molecular flexibility index (Phi) is 2.87. The zero-order valence-corrected chi connectivity index (χ0v) is 8.48. The van der Waals surface area contributed by atoms with E-state index in [1.54, 1.807) is 0 Å². The third-order valence-corrected chi connectivity index (χ3v) is 3.29. The van der Waals surface area contributed by atoms with Crippen molar-refractivity contribution in [1.29, 1.82) is 0 Å². The number of nitrogens with two attached hydrogens (primary N) is 1. The lowest BCUT2D eigenvalue weighted by atomic mass is 10.1. The summed E-state index contributed by atoms with van der Waals surface area (Å²) in [5.74, 6) is 1.10. The van der Waals surface area contributed by atoms with Crippen LogP contribution in [-0.4, -0.2) is 30.4 Å². The second kappa shape index (κ2) is 4.13. The van der Waals surface area contributed by atoms with E-state index < -0.39 is 0 Å². The van der Waals surface area contributed by atoms with Gasteiger partial charge in [-0.3, -0.25) is 4.79 Å². The predicted octanol–water partition coefficient (Wildman–Crippen LogP) is 0.760. The summed E-state index contributed by atoms with van der Waals surface area (Å²) in [6.45, 7) is 2.51. The lowest BCUT2D eigenvalue weighted by molar-refractivity contribution is -0.134. The lowest BCUT2D eigenvalue weighted by Gasteiger charge is -2.20. The van der Waals surface area contributed by atoms with Crippen molar-refractivity contribution in [1.82, 2.24) is 4.90 Å². The smallest absolute Gasteiger partial charge is 0.226 e. The summed E-state index contributed by atoms with van der Waals surface area (Å²) in [5, 5.41) is 0. The number of amides is 1. The van der Waals surface area contributed by atoms with E-state index in [-0.39, 0.29) is 5.92 Å². The maximum Gasteiger partial charge on any atom is 0.226 e. The van der Waals surface area contributed by atoms with E-state index in [1.165, 1.54) is 0 Å². The van der Waals surface area contributed by atoms with E-state index in [4.69, 9.17) is 5.73 Å².